The number of carbonyl (C=O) groups excluding carboxylic acids is 1. The molecule has 1 unspecified atom stereocenters. The van der Waals surface area contributed by atoms with Gasteiger partial charge in [0, 0.05) is 37.8 Å². The molecule has 1 amide bonds. The number of rotatable bonds is 5. The van der Waals surface area contributed by atoms with E-state index in [0.717, 1.165) is 0 Å². The summed E-state index contributed by atoms with van der Waals surface area (Å²) in [5, 5.41) is 14.1. The van der Waals surface area contributed by atoms with Gasteiger partial charge in [-0.25, -0.2) is 9.07 Å². The number of nitrogens with zero attached hydrogens (tertiary/aromatic N) is 5. The van der Waals surface area contributed by atoms with Crippen molar-refractivity contribution < 1.29 is 9.18 Å². The quantitative estimate of drug-likeness (QED) is 0.680. The predicted molar refractivity (Wildman–Crippen MR) is 115 cm³/mol. The van der Waals surface area contributed by atoms with Crippen LogP contribution in [-0.4, -0.2) is 57.7 Å². The van der Waals surface area contributed by atoms with Gasteiger partial charge in [0.1, 0.15) is 17.0 Å². The van der Waals surface area contributed by atoms with E-state index in [1.54, 1.807) is 23.1 Å². The van der Waals surface area contributed by atoms with Crippen molar-refractivity contribution in [2.24, 2.45) is 5.92 Å². The lowest BCUT2D eigenvalue weighted by molar-refractivity contribution is -0.127. The lowest BCUT2D eigenvalue weighted by Gasteiger charge is -2.37. The van der Waals surface area contributed by atoms with Crippen molar-refractivity contribution in [2.75, 3.05) is 26.2 Å². The maximum atomic E-state index is 13.2. The molecule has 0 radical (unpaired) electrons. The van der Waals surface area contributed by atoms with Gasteiger partial charge in [0.25, 0.3) is 0 Å². The van der Waals surface area contributed by atoms with Gasteiger partial charge in [0.2, 0.25) is 5.91 Å². The van der Waals surface area contributed by atoms with Crippen molar-refractivity contribution in [3.8, 4) is 11.8 Å². The number of halogens is 2. The fourth-order valence-corrected chi connectivity index (χ4v) is 3.92. The normalized spacial score (nSPS) is 16.2. The van der Waals surface area contributed by atoms with Crippen LogP contribution in [0.25, 0.3) is 11.8 Å². The average Bonchev–Trinajstić information content (AvgIpc) is 3.01. The molecule has 0 N–H and O–H groups in total. The first-order valence-electron chi connectivity index (χ1n) is 9.93. The molecule has 1 fully saturated rings. The lowest BCUT2D eigenvalue weighted by Crippen LogP contribution is -2.52. The number of amides is 1. The monoisotopic (exact) mass is 429 g/mol. The molecule has 1 saturated heterocycles. The highest BCUT2D eigenvalue weighted by atomic mass is 35.5. The molecule has 1 aromatic heterocycles. The number of carbonyl (C=O) groups is 1. The molecule has 1 aliphatic rings. The largest absolute Gasteiger partial charge is 0.337 e. The van der Waals surface area contributed by atoms with Gasteiger partial charge in [0.15, 0.2) is 0 Å². The van der Waals surface area contributed by atoms with Crippen LogP contribution < -0.4 is 0 Å². The van der Waals surface area contributed by atoms with Gasteiger partial charge >= 0.3 is 0 Å². The van der Waals surface area contributed by atoms with Gasteiger partial charge in [0.05, 0.1) is 17.5 Å². The summed E-state index contributed by atoms with van der Waals surface area (Å²) in [5.74, 6) is -0.184. The van der Waals surface area contributed by atoms with Crippen molar-refractivity contribution in [1.29, 1.82) is 5.26 Å². The second-order valence-electron chi connectivity index (χ2n) is 7.69. The Morgan fingerprint density at radius 3 is 2.43 bits per heavy atom. The first-order valence-corrected chi connectivity index (χ1v) is 10.3. The van der Waals surface area contributed by atoms with Gasteiger partial charge in [-0.05, 0) is 43.2 Å². The first-order chi connectivity index (χ1) is 14.3. The van der Waals surface area contributed by atoms with E-state index in [4.69, 9.17) is 11.6 Å². The highest BCUT2D eigenvalue weighted by Crippen LogP contribution is 2.25. The van der Waals surface area contributed by atoms with Crippen LogP contribution in [0.4, 0.5) is 4.39 Å². The molecule has 0 aliphatic carbocycles. The molecule has 2 heterocycles. The van der Waals surface area contributed by atoms with Crippen LogP contribution in [-0.2, 0) is 4.79 Å². The zero-order valence-electron chi connectivity index (χ0n) is 17.3. The molecular formula is C22H25ClFN5O. The third kappa shape index (κ3) is 4.72. The average molecular weight is 430 g/mol. The van der Waals surface area contributed by atoms with E-state index in [0.29, 0.717) is 48.3 Å². The first kappa shape index (κ1) is 22.0. The lowest BCUT2D eigenvalue weighted by atomic mass is 10.0. The van der Waals surface area contributed by atoms with Gasteiger partial charge in [-0.15, -0.1) is 0 Å². The van der Waals surface area contributed by atoms with Gasteiger partial charge in [-0.1, -0.05) is 25.4 Å². The second-order valence-corrected chi connectivity index (χ2v) is 8.05. The molecule has 0 bridgehead atoms. The van der Waals surface area contributed by atoms with Gasteiger partial charge < -0.3 is 4.90 Å². The number of benzene rings is 1. The van der Waals surface area contributed by atoms with Crippen LogP contribution >= 0.6 is 11.6 Å². The van der Waals surface area contributed by atoms with Gasteiger partial charge in [-0.3, -0.25) is 9.69 Å². The molecule has 3 rings (SSSR count). The van der Waals surface area contributed by atoms with Crippen LogP contribution in [0.3, 0.4) is 0 Å². The summed E-state index contributed by atoms with van der Waals surface area (Å²) in [6.45, 7) is 8.39. The van der Waals surface area contributed by atoms with Crippen molar-refractivity contribution in [3.63, 3.8) is 0 Å². The predicted octanol–water partition coefficient (Wildman–Crippen LogP) is 3.68. The molecule has 8 heteroatoms. The Bertz CT molecular complexity index is 969. The Hall–Kier alpha value is -2.69. The van der Waals surface area contributed by atoms with Gasteiger partial charge in [-0.2, -0.15) is 10.4 Å². The number of hydrogen-bond acceptors (Lipinski definition) is 4. The maximum absolute atomic E-state index is 13.2. The molecule has 1 aliphatic heterocycles. The topological polar surface area (TPSA) is 65.2 Å². The molecule has 0 spiro atoms. The summed E-state index contributed by atoms with van der Waals surface area (Å²) in [6.07, 6.45) is 3.18. The minimum absolute atomic E-state index is 0.0993. The summed E-state index contributed by atoms with van der Waals surface area (Å²) in [4.78, 5) is 16.5. The number of piperazine rings is 1. The zero-order valence-corrected chi connectivity index (χ0v) is 18.1. The Morgan fingerprint density at radius 1 is 1.23 bits per heavy atom. The number of aromatic nitrogens is 2. The van der Waals surface area contributed by atoms with Crippen LogP contribution in [0.2, 0.25) is 5.15 Å². The smallest absolute Gasteiger partial charge is 0.246 e. The minimum atomic E-state index is -0.334. The van der Waals surface area contributed by atoms with E-state index in [1.807, 2.05) is 20.8 Å². The molecule has 158 valence electrons. The third-order valence-electron chi connectivity index (χ3n) is 5.29. The highest BCUT2D eigenvalue weighted by molar-refractivity contribution is 6.31. The number of nitriles is 1. The molecule has 6 nitrogen and oxygen atoms in total. The van der Waals surface area contributed by atoms with E-state index < -0.39 is 0 Å². The summed E-state index contributed by atoms with van der Waals surface area (Å²) >= 11 is 6.47. The van der Waals surface area contributed by atoms with E-state index in [9.17, 15) is 14.4 Å². The fourth-order valence-electron chi connectivity index (χ4n) is 3.59. The van der Waals surface area contributed by atoms with E-state index in [1.165, 1.54) is 22.9 Å². The van der Waals surface area contributed by atoms with Crippen LogP contribution in [0, 0.1) is 30.0 Å². The molecule has 0 saturated carbocycles. The Kier molecular flexibility index (Phi) is 6.91. The Balaban J connectivity index is 1.67. The highest BCUT2D eigenvalue weighted by Gasteiger charge is 2.27. The van der Waals surface area contributed by atoms with Crippen molar-refractivity contribution >= 4 is 23.6 Å². The zero-order chi connectivity index (χ0) is 21.8. The molecule has 30 heavy (non-hydrogen) atoms. The van der Waals surface area contributed by atoms with E-state index in [-0.39, 0.29) is 23.7 Å². The Morgan fingerprint density at radius 2 is 1.87 bits per heavy atom. The van der Waals surface area contributed by atoms with E-state index in [2.05, 4.69) is 16.1 Å². The van der Waals surface area contributed by atoms with Crippen molar-refractivity contribution in [2.45, 2.75) is 26.8 Å². The molecule has 2 aromatic rings. The third-order valence-corrected chi connectivity index (χ3v) is 5.66. The summed E-state index contributed by atoms with van der Waals surface area (Å²) in [5.41, 5.74) is 1.97. The molecular weight excluding hydrogens is 405 g/mol. The van der Waals surface area contributed by atoms with Crippen molar-refractivity contribution in [1.82, 2.24) is 19.6 Å². The summed E-state index contributed by atoms with van der Waals surface area (Å²) in [6, 6.07) is 8.11. The SMILES string of the molecule is Cc1nn(-c2ccc(F)cc2)c(Cl)c1/C=C/C(=O)N1CCN(C(C#N)C(C)C)CC1. The molecule has 1 atom stereocenters. The molecule has 1 aromatic carbocycles. The van der Waals surface area contributed by atoms with Crippen LogP contribution in [0.15, 0.2) is 30.3 Å². The fraction of sp³-hybridized carbons (Fsp3) is 0.409. The van der Waals surface area contributed by atoms with E-state index >= 15 is 0 Å². The Labute approximate surface area is 181 Å². The summed E-state index contributed by atoms with van der Waals surface area (Å²) in [7, 11) is 0. The summed E-state index contributed by atoms with van der Waals surface area (Å²) < 4.78 is 14.7. The van der Waals surface area contributed by atoms with Crippen LogP contribution in [0.1, 0.15) is 25.1 Å². The van der Waals surface area contributed by atoms with Crippen molar-refractivity contribution in [3.05, 3.63) is 52.6 Å². The standard InChI is InChI=1S/C22H25ClFN5O/c1-15(2)20(14-25)27-10-12-28(13-11-27)21(30)9-8-19-16(3)26-29(22(19)23)18-6-4-17(24)5-7-18/h4-9,15,20H,10-13H2,1-3H3/b9-8+. The second kappa shape index (κ2) is 9.41. The van der Waals surface area contributed by atoms with Crippen LogP contribution in [0.5, 0.6) is 0 Å². The number of aryl methyl sites for hydroxylation is 1. The number of hydrogen-bond donors (Lipinski definition) is 0. The minimum Gasteiger partial charge on any atom is -0.337 e. The maximum Gasteiger partial charge on any atom is 0.246 e.